The van der Waals surface area contributed by atoms with Gasteiger partial charge in [-0.25, -0.2) is 0 Å². The first-order chi connectivity index (χ1) is 9.96. The average Bonchev–Trinajstić information content (AvgIpc) is 3.05. The van der Waals surface area contributed by atoms with Crippen molar-refractivity contribution in [1.29, 1.82) is 0 Å². The standard InChI is InChI=1S/C20H31N/c1-19(2,3)21-15-20(13-17-12-18(17)14-20)11-7-10-16-8-5-4-6-9-16/h4-6,8-9,17-18,21H,7,10-15H2,1-3H3. The van der Waals surface area contributed by atoms with Gasteiger partial charge in [-0.2, -0.15) is 0 Å². The molecule has 0 bridgehead atoms. The summed E-state index contributed by atoms with van der Waals surface area (Å²) in [6.45, 7) is 8.10. The largest absolute Gasteiger partial charge is 0.312 e. The second-order valence-electron chi connectivity index (χ2n) is 8.61. The Labute approximate surface area is 130 Å². The van der Waals surface area contributed by atoms with E-state index in [1.165, 1.54) is 50.6 Å². The third kappa shape index (κ3) is 4.10. The number of aryl methyl sites for hydroxylation is 1. The summed E-state index contributed by atoms with van der Waals surface area (Å²) in [4.78, 5) is 0. The first-order valence-electron chi connectivity index (χ1n) is 8.75. The molecule has 3 rings (SSSR count). The Bertz CT molecular complexity index is 446. The Kier molecular flexibility index (Phi) is 4.14. The van der Waals surface area contributed by atoms with Crippen LogP contribution in [-0.2, 0) is 6.42 Å². The number of hydrogen-bond donors (Lipinski definition) is 1. The predicted molar refractivity (Wildman–Crippen MR) is 90.4 cm³/mol. The molecule has 1 N–H and O–H groups in total. The molecule has 0 saturated heterocycles. The second kappa shape index (κ2) is 5.76. The highest BCUT2D eigenvalue weighted by Crippen LogP contribution is 2.61. The van der Waals surface area contributed by atoms with Crippen molar-refractivity contribution >= 4 is 0 Å². The predicted octanol–water partition coefficient (Wildman–Crippen LogP) is 4.81. The van der Waals surface area contributed by atoms with Gasteiger partial charge < -0.3 is 5.32 Å². The number of nitrogens with one attached hydrogen (secondary N) is 1. The maximum Gasteiger partial charge on any atom is 0.00967 e. The van der Waals surface area contributed by atoms with E-state index in [-0.39, 0.29) is 5.54 Å². The fourth-order valence-corrected chi connectivity index (χ4v) is 4.21. The van der Waals surface area contributed by atoms with Crippen molar-refractivity contribution in [1.82, 2.24) is 5.32 Å². The number of hydrogen-bond acceptors (Lipinski definition) is 1. The average molecular weight is 285 g/mol. The fraction of sp³-hybridized carbons (Fsp3) is 0.700. The molecule has 0 aliphatic heterocycles. The molecule has 0 heterocycles. The minimum absolute atomic E-state index is 0.249. The number of rotatable bonds is 6. The SMILES string of the molecule is CC(C)(C)NCC1(CCCc2ccccc2)CC2CC2C1. The molecule has 0 radical (unpaired) electrons. The monoisotopic (exact) mass is 285 g/mol. The normalized spacial score (nSPS) is 31.2. The van der Waals surface area contributed by atoms with Crippen LogP contribution in [0.2, 0.25) is 0 Å². The minimum Gasteiger partial charge on any atom is -0.312 e. The molecule has 1 aromatic carbocycles. The van der Waals surface area contributed by atoms with Crippen LogP contribution in [-0.4, -0.2) is 12.1 Å². The zero-order valence-electron chi connectivity index (χ0n) is 14.0. The van der Waals surface area contributed by atoms with E-state index < -0.39 is 0 Å². The van der Waals surface area contributed by atoms with Gasteiger partial charge in [0.2, 0.25) is 0 Å². The smallest absolute Gasteiger partial charge is 0.00967 e. The molecule has 2 saturated carbocycles. The van der Waals surface area contributed by atoms with Gasteiger partial charge in [-0.1, -0.05) is 30.3 Å². The molecule has 1 aromatic rings. The lowest BCUT2D eigenvalue weighted by Crippen LogP contribution is -2.43. The van der Waals surface area contributed by atoms with Gasteiger partial charge in [-0.05, 0) is 82.1 Å². The first kappa shape index (κ1) is 15.1. The molecule has 2 aliphatic carbocycles. The van der Waals surface area contributed by atoms with Crippen LogP contribution in [0.25, 0.3) is 0 Å². The van der Waals surface area contributed by atoms with Crippen molar-refractivity contribution in [3.8, 4) is 0 Å². The molecule has 0 spiro atoms. The fourth-order valence-electron chi connectivity index (χ4n) is 4.21. The molecular formula is C20H31N. The molecule has 0 amide bonds. The van der Waals surface area contributed by atoms with E-state index in [9.17, 15) is 0 Å². The summed E-state index contributed by atoms with van der Waals surface area (Å²) < 4.78 is 0. The van der Waals surface area contributed by atoms with E-state index in [1.54, 1.807) is 0 Å². The summed E-state index contributed by atoms with van der Waals surface area (Å²) in [5.74, 6) is 2.15. The third-order valence-corrected chi connectivity index (χ3v) is 5.47. The Morgan fingerprint density at radius 3 is 2.38 bits per heavy atom. The zero-order valence-corrected chi connectivity index (χ0v) is 14.0. The van der Waals surface area contributed by atoms with E-state index in [0.717, 1.165) is 11.8 Å². The summed E-state index contributed by atoms with van der Waals surface area (Å²) >= 11 is 0. The molecule has 1 nitrogen and oxygen atoms in total. The molecule has 116 valence electrons. The lowest BCUT2D eigenvalue weighted by atomic mass is 9.77. The maximum absolute atomic E-state index is 3.79. The van der Waals surface area contributed by atoms with Crippen LogP contribution in [0, 0.1) is 17.3 Å². The molecule has 1 heteroatoms. The van der Waals surface area contributed by atoms with Crippen LogP contribution in [0.4, 0.5) is 0 Å². The lowest BCUT2D eigenvalue weighted by Gasteiger charge is -2.35. The van der Waals surface area contributed by atoms with Gasteiger partial charge in [0.05, 0.1) is 0 Å². The summed E-state index contributed by atoms with van der Waals surface area (Å²) in [7, 11) is 0. The lowest BCUT2D eigenvalue weighted by molar-refractivity contribution is 0.203. The Balaban J connectivity index is 1.53. The number of fused-ring (bicyclic) bond motifs is 1. The van der Waals surface area contributed by atoms with Crippen LogP contribution in [0.15, 0.2) is 30.3 Å². The molecule has 0 aromatic heterocycles. The highest BCUT2D eigenvalue weighted by molar-refractivity contribution is 5.15. The summed E-state index contributed by atoms with van der Waals surface area (Å²) in [5, 5.41) is 3.79. The van der Waals surface area contributed by atoms with Gasteiger partial charge in [0.25, 0.3) is 0 Å². The van der Waals surface area contributed by atoms with Crippen LogP contribution in [0.1, 0.15) is 58.4 Å². The van der Waals surface area contributed by atoms with Crippen LogP contribution >= 0.6 is 0 Å². The molecule has 2 unspecified atom stereocenters. The van der Waals surface area contributed by atoms with Gasteiger partial charge in [0, 0.05) is 12.1 Å². The van der Waals surface area contributed by atoms with Gasteiger partial charge >= 0.3 is 0 Å². The van der Waals surface area contributed by atoms with Gasteiger partial charge in [0.1, 0.15) is 0 Å². The van der Waals surface area contributed by atoms with Crippen molar-refractivity contribution in [2.75, 3.05) is 6.54 Å². The first-order valence-corrected chi connectivity index (χ1v) is 8.75. The molecule has 2 aliphatic rings. The Morgan fingerprint density at radius 2 is 1.76 bits per heavy atom. The van der Waals surface area contributed by atoms with Gasteiger partial charge in [0.15, 0.2) is 0 Å². The van der Waals surface area contributed by atoms with Gasteiger partial charge in [-0.3, -0.25) is 0 Å². The summed E-state index contributed by atoms with van der Waals surface area (Å²) in [6, 6.07) is 11.0. The molecule has 2 atom stereocenters. The van der Waals surface area contributed by atoms with Crippen LogP contribution in [0.5, 0.6) is 0 Å². The second-order valence-corrected chi connectivity index (χ2v) is 8.61. The van der Waals surface area contributed by atoms with Crippen LogP contribution in [0.3, 0.4) is 0 Å². The molecule has 2 fully saturated rings. The highest BCUT2D eigenvalue weighted by atomic mass is 15.0. The summed E-state index contributed by atoms with van der Waals surface area (Å²) in [6.07, 6.45) is 8.47. The van der Waals surface area contributed by atoms with Gasteiger partial charge in [-0.15, -0.1) is 0 Å². The topological polar surface area (TPSA) is 12.0 Å². The highest BCUT2D eigenvalue weighted by Gasteiger charge is 2.53. The summed E-state index contributed by atoms with van der Waals surface area (Å²) in [5.41, 5.74) is 2.34. The third-order valence-electron chi connectivity index (χ3n) is 5.47. The van der Waals surface area contributed by atoms with Crippen molar-refractivity contribution in [2.45, 2.75) is 64.8 Å². The quantitative estimate of drug-likeness (QED) is 0.790. The Morgan fingerprint density at radius 1 is 1.10 bits per heavy atom. The van der Waals surface area contributed by atoms with Crippen molar-refractivity contribution in [2.24, 2.45) is 17.3 Å². The van der Waals surface area contributed by atoms with E-state index in [1.807, 2.05) is 0 Å². The van der Waals surface area contributed by atoms with E-state index in [2.05, 4.69) is 56.4 Å². The van der Waals surface area contributed by atoms with E-state index in [0.29, 0.717) is 5.41 Å². The van der Waals surface area contributed by atoms with Crippen molar-refractivity contribution < 1.29 is 0 Å². The zero-order chi connectivity index (χ0) is 14.9. The maximum atomic E-state index is 3.79. The Hall–Kier alpha value is -0.820. The van der Waals surface area contributed by atoms with E-state index in [4.69, 9.17) is 0 Å². The number of benzene rings is 1. The van der Waals surface area contributed by atoms with E-state index >= 15 is 0 Å². The molecular weight excluding hydrogens is 254 g/mol. The minimum atomic E-state index is 0.249. The van der Waals surface area contributed by atoms with Crippen molar-refractivity contribution in [3.05, 3.63) is 35.9 Å². The molecule has 21 heavy (non-hydrogen) atoms. The van der Waals surface area contributed by atoms with Crippen molar-refractivity contribution in [3.63, 3.8) is 0 Å². The van der Waals surface area contributed by atoms with Crippen LogP contribution < -0.4 is 5.32 Å².